The Morgan fingerprint density at radius 2 is 1.70 bits per heavy atom. The zero-order valence-electron chi connectivity index (χ0n) is 13.3. The van der Waals surface area contributed by atoms with E-state index in [0.717, 1.165) is 18.4 Å². The fourth-order valence-corrected chi connectivity index (χ4v) is 2.77. The molecule has 4 heteroatoms. The number of benzene rings is 2. The van der Waals surface area contributed by atoms with E-state index < -0.39 is 11.4 Å². The number of hydrogen-bond donors (Lipinski definition) is 1. The maximum Gasteiger partial charge on any atom is 0.339 e. The molecule has 2 aromatic carbocycles. The average molecular weight is 309 g/mol. The Morgan fingerprint density at radius 3 is 2.30 bits per heavy atom. The zero-order chi connectivity index (χ0) is 16.4. The van der Waals surface area contributed by atoms with Crippen LogP contribution in [0.1, 0.15) is 34.3 Å². The van der Waals surface area contributed by atoms with Crippen LogP contribution in [0.5, 0.6) is 0 Å². The first kappa shape index (κ1) is 15.3. The summed E-state index contributed by atoms with van der Waals surface area (Å²) in [5.41, 5.74) is 2.57. The number of hydrogen-bond acceptors (Lipinski definition) is 3. The lowest BCUT2D eigenvalue weighted by atomic mass is 9.94. The third kappa shape index (κ3) is 2.84. The molecule has 1 fully saturated rings. The van der Waals surface area contributed by atoms with Crippen LogP contribution in [0.25, 0.3) is 0 Å². The Balaban J connectivity index is 1.85. The number of rotatable bonds is 4. The number of carbonyl (C=O) groups excluding carboxylic acids is 2. The van der Waals surface area contributed by atoms with Crippen LogP contribution in [0.3, 0.4) is 0 Å². The second-order valence-corrected chi connectivity index (χ2v) is 5.94. The van der Waals surface area contributed by atoms with Gasteiger partial charge in [-0.15, -0.1) is 0 Å². The van der Waals surface area contributed by atoms with Crippen molar-refractivity contribution < 1.29 is 14.3 Å². The number of esters is 1. The topological polar surface area (TPSA) is 55.4 Å². The molecule has 0 aliphatic heterocycles. The fraction of sp³-hybridized carbons (Fsp3) is 0.263. The molecule has 0 saturated heterocycles. The van der Waals surface area contributed by atoms with Gasteiger partial charge in [0.05, 0.1) is 23.8 Å². The molecule has 1 N–H and O–H groups in total. The smallest absolute Gasteiger partial charge is 0.339 e. The molecule has 1 aliphatic rings. The van der Waals surface area contributed by atoms with Crippen LogP contribution in [-0.2, 0) is 14.9 Å². The third-order valence-electron chi connectivity index (χ3n) is 4.37. The molecule has 1 aliphatic carbocycles. The number of methoxy groups -OCH3 is 1. The van der Waals surface area contributed by atoms with Crippen molar-refractivity contribution in [2.75, 3.05) is 12.4 Å². The molecular weight excluding hydrogens is 290 g/mol. The third-order valence-corrected chi connectivity index (χ3v) is 4.37. The highest BCUT2D eigenvalue weighted by Crippen LogP contribution is 2.49. The van der Waals surface area contributed by atoms with Crippen LogP contribution >= 0.6 is 0 Å². The molecule has 2 aromatic rings. The van der Waals surface area contributed by atoms with Crippen molar-refractivity contribution in [1.82, 2.24) is 0 Å². The lowest BCUT2D eigenvalue weighted by Gasteiger charge is -2.17. The normalized spacial score (nSPS) is 14.9. The molecular formula is C19H19NO3. The summed E-state index contributed by atoms with van der Waals surface area (Å²) < 4.78 is 4.77. The second kappa shape index (κ2) is 5.88. The summed E-state index contributed by atoms with van der Waals surface area (Å²) in [6.07, 6.45) is 1.64. The number of amides is 1. The predicted molar refractivity (Wildman–Crippen MR) is 88.5 cm³/mol. The maximum absolute atomic E-state index is 12.8. The monoisotopic (exact) mass is 309 g/mol. The molecule has 23 heavy (non-hydrogen) atoms. The summed E-state index contributed by atoms with van der Waals surface area (Å²) in [5.74, 6) is -0.529. The summed E-state index contributed by atoms with van der Waals surface area (Å²) in [4.78, 5) is 24.6. The highest BCUT2D eigenvalue weighted by atomic mass is 16.5. The Morgan fingerprint density at radius 1 is 1.04 bits per heavy atom. The Hall–Kier alpha value is -2.62. The Bertz CT molecular complexity index is 745. The summed E-state index contributed by atoms with van der Waals surface area (Å²) in [7, 11) is 1.33. The molecule has 0 spiro atoms. The van der Waals surface area contributed by atoms with Crippen LogP contribution in [0.4, 0.5) is 5.69 Å². The van der Waals surface area contributed by atoms with Gasteiger partial charge < -0.3 is 10.1 Å². The highest BCUT2D eigenvalue weighted by Gasteiger charge is 2.51. The largest absolute Gasteiger partial charge is 0.465 e. The minimum absolute atomic E-state index is 0.0716. The lowest BCUT2D eigenvalue weighted by molar-refractivity contribution is -0.118. The average Bonchev–Trinajstić information content (AvgIpc) is 3.37. The van der Waals surface area contributed by atoms with E-state index >= 15 is 0 Å². The van der Waals surface area contributed by atoms with Crippen molar-refractivity contribution >= 4 is 17.6 Å². The molecule has 1 amide bonds. The minimum Gasteiger partial charge on any atom is -0.465 e. The number of anilines is 1. The van der Waals surface area contributed by atoms with Crippen molar-refractivity contribution in [3.8, 4) is 0 Å². The quantitative estimate of drug-likeness (QED) is 0.880. The number of ether oxygens (including phenoxy) is 1. The van der Waals surface area contributed by atoms with Gasteiger partial charge in [-0.3, -0.25) is 4.79 Å². The number of aryl methyl sites for hydroxylation is 1. The van der Waals surface area contributed by atoms with Crippen LogP contribution < -0.4 is 5.32 Å². The highest BCUT2D eigenvalue weighted by molar-refractivity contribution is 6.06. The summed E-state index contributed by atoms with van der Waals surface area (Å²) in [6, 6.07) is 14.9. The first-order valence-electron chi connectivity index (χ1n) is 7.63. The molecule has 0 aromatic heterocycles. The zero-order valence-corrected chi connectivity index (χ0v) is 13.3. The standard InChI is InChI=1S/C19H19NO3/c1-13-7-9-14(10-8-13)19(11-12-19)18(22)20-16-6-4-3-5-15(16)17(21)23-2/h3-10H,11-12H2,1-2H3,(H,20,22). The lowest BCUT2D eigenvalue weighted by Crippen LogP contribution is -2.28. The number of nitrogens with one attached hydrogen (secondary N) is 1. The van der Waals surface area contributed by atoms with Crippen LogP contribution in [-0.4, -0.2) is 19.0 Å². The van der Waals surface area contributed by atoms with Gasteiger partial charge in [0.25, 0.3) is 0 Å². The number of carbonyl (C=O) groups is 2. The van der Waals surface area contributed by atoms with Gasteiger partial charge in [-0.25, -0.2) is 4.79 Å². The molecule has 0 unspecified atom stereocenters. The Labute approximate surface area is 135 Å². The molecule has 0 heterocycles. The van der Waals surface area contributed by atoms with Gasteiger partial charge in [0, 0.05) is 0 Å². The van der Waals surface area contributed by atoms with Crippen molar-refractivity contribution in [2.45, 2.75) is 25.2 Å². The predicted octanol–water partition coefficient (Wildman–Crippen LogP) is 3.45. The van der Waals surface area contributed by atoms with Crippen LogP contribution in [0.2, 0.25) is 0 Å². The fourth-order valence-electron chi connectivity index (χ4n) is 2.77. The van der Waals surface area contributed by atoms with Gasteiger partial charge in [0.1, 0.15) is 0 Å². The summed E-state index contributed by atoms with van der Waals surface area (Å²) in [6.45, 7) is 2.02. The van der Waals surface area contributed by atoms with E-state index in [1.54, 1.807) is 24.3 Å². The van der Waals surface area contributed by atoms with E-state index in [1.165, 1.54) is 12.7 Å². The van der Waals surface area contributed by atoms with Crippen LogP contribution in [0.15, 0.2) is 48.5 Å². The molecule has 4 nitrogen and oxygen atoms in total. The molecule has 0 atom stereocenters. The molecule has 0 radical (unpaired) electrons. The number of para-hydroxylation sites is 1. The van der Waals surface area contributed by atoms with E-state index in [0.29, 0.717) is 11.3 Å². The van der Waals surface area contributed by atoms with Gasteiger partial charge in [0.2, 0.25) is 5.91 Å². The molecule has 0 bridgehead atoms. The van der Waals surface area contributed by atoms with Crippen molar-refractivity contribution in [1.29, 1.82) is 0 Å². The van der Waals surface area contributed by atoms with Crippen LogP contribution in [0, 0.1) is 6.92 Å². The van der Waals surface area contributed by atoms with E-state index in [1.807, 2.05) is 31.2 Å². The van der Waals surface area contributed by atoms with Gasteiger partial charge in [-0.05, 0) is 37.5 Å². The first-order chi connectivity index (χ1) is 11.1. The van der Waals surface area contributed by atoms with Crippen molar-refractivity contribution in [3.05, 3.63) is 65.2 Å². The van der Waals surface area contributed by atoms with Gasteiger partial charge >= 0.3 is 5.97 Å². The van der Waals surface area contributed by atoms with E-state index in [-0.39, 0.29) is 5.91 Å². The van der Waals surface area contributed by atoms with E-state index in [9.17, 15) is 9.59 Å². The first-order valence-corrected chi connectivity index (χ1v) is 7.63. The summed E-state index contributed by atoms with van der Waals surface area (Å²) in [5, 5.41) is 2.90. The maximum atomic E-state index is 12.8. The summed E-state index contributed by atoms with van der Waals surface area (Å²) >= 11 is 0. The molecule has 1 saturated carbocycles. The molecule has 118 valence electrons. The second-order valence-electron chi connectivity index (χ2n) is 5.94. The molecule has 3 rings (SSSR count). The van der Waals surface area contributed by atoms with E-state index in [4.69, 9.17) is 4.74 Å². The SMILES string of the molecule is COC(=O)c1ccccc1NC(=O)C1(c2ccc(C)cc2)CC1. The van der Waals surface area contributed by atoms with E-state index in [2.05, 4.69) is 5.32 Å². The van der Waals surface area contributed by atoms with Crippen molar-refractivity contribution in [2.24, 2.45) is 0 Å². The van der Waals surface area contributed by atoms with Gasteiger partial charge in [-0.2, -0.15) is 0 Å². The van der Waals surface area contributed by atoms with Gasteiger partial charge in [-0.1, -0.05) is 42.0 Å². The van der Waals surface area contributed by atoms with Crippen molar-refractivity contribution in [3.63, 3.8) is 0 Å². The Kier molecular flexibility index (Phi) is 3.90. The minimum atomic E-state index is -0.475. The van der Waals surface area contributed by atoms with Gasteiger partial charge in [0.15, 0.2) is 0 Å².